The molecule has 0 radical (unpaired) electrons. The van der Waals surface area contributed by atoms with Gasteiger partial charge in [0.05, 0.1) is 11.7 Å². The lowest BCUT2D eigenvalue weighted by atomic mass is 9.38. The molecule has 4 nitrogen and oxygen atoms in total. The number of phenolic OH excluding ortho intramolecular Hbond substituents is 1. The second-order valence-electron chi connectivity index (χ2n) is 10.7. The topological polar surface area (TPSA) is 77.8 Å². The highest BCUT2D eigenvalue weighted by atomic mass is 16.3. The molecule has 4 heteroatoms. The van der Waals surface area contributed by atoms with Crippen LogP contribution >= 0.6 is 0 Å². The number of aliphatic hydroxyl groups is 2. The molecule has 1 spiro atoms. The monoisotopic (exact) mass is 394 g/mol. The van der Waals surface area contributed by atoms with Crippen LogP contribution in [0.4, 0.5) is 0 Å². The molecule has 0 bridgehead atoms. The Morgan fingerprint density at radius 1 is 1.10 bits per heavy atom. The average molecular weight is 395 g/mol. The molecule has 0 saturated heterocycles. The smallest absolute Gasteiger partial charge is 0.155 e. The highest BCUT2D eigenvalue weighted by molar-refractivity contribution is 5.92. The second kappa shape index (κ2) is 5.53. The van der Waals surface area contributed by atoms with Gasteiger partial charge in [-0.05, 0) is 91.5 Å². The largest absolute Gasteiger partial charge is 0.508 e. The summed E-state index contributed by atoms with van der Waals surface area (Å²) >= 11 is 0. The van der Waals surface area contributed by atoms with E-state index in [2.05, 4.69) is 6.92 Å². The lowest BCUT2D eigenvalue weighted by Crippen LogP contribution is -2.69. The summed E-state index contributed by atoms with van der Waals surface area (Å²) in [5.41, 5.74) is 1.91. The summed E-state index contributed by atoms with van der Waals surface area (Å²) in [7, 11) is 0. The number of hydrogen-bond donors (Lipinski definition) is 3. The molecule has 29 heavy (non-hydrogen) atoms. The summed E-state index contributed by atoms with van der Waals surface area (Å²) in [6, 6.07) is 5.59. The first-order valence-corrected chi connectivity index (χ1v) is 11.3. The first kappa shape index (κ1) is 18.1. The first-order valence-electron chi connectivity index (χ1n) is 11.3. The zero-order chi connectivity index (χ0) is 20.2. The Labute approximate surface area is 171 Å². The Kier molecular flexibility index (Phi) is 3.46. The van der Waals surface area contributed by atoms with E-state index in [4.69, 9.17) is 0 Å². The number of fused-ring (bicyclic) bond motifs is 4. The SMILES string of the molecule is C[C@]12C[C@@H]3c4ccc(O)cc4C[C@]45CCC(=O)C=C4CC[C@@H]([C@@H]1CC[C@@H]2O)[C@]35O. The van der Waals surface area contributed by atoms with Gasteiger partial charge in [0.1, 0.15) is 5.75 Å². The van der Waals surface area contributed by atoms with Crippen molar-refractivity contribution in [2.75, 3.05) is 0 Å². The van der Waals surface area contributed by atoms with Gasteiger partial charge in [-0.1, -0.05) is 18.6 Å². The lowest BCUT2D eigenvalue weighted by Gasteiger charge is -2.68. The van der Waals surface area contributed by atoms with E-state index in [-0.39, 0.29) is 34.9 Å². The van der Waals surface area contributed by atoms with Gasteiger partial charge in [-0.3, -0.25) is 4.79 Å². The van der Waals surface area contributed by atoms with E-state index in [1.807, 2.05) is 18.2 Å². The van der Waals surface area contributed by atoms with Crippen LogP contribution in [0, 0.1) is 22.7 Å². The van der Waals surface area contributed by atoms with E-state index in [9.17, 15) is 20.1 Å². The van der Waals surface area contributed by atoms with Gasteiger partial charge in [0.2, 0.25) is 0 Å². The van der Waals surface area contributed by atoms with Gasteiger partial charge in [-0.2, -0.15) is 0 Å². The first-order chi connectivity index (χ1) is 13.8. The number of rotatable bonds is 0. The van der Waals surface area contributed by atoms with Crippen LogP contribution in [-0.4, -0.2) is 32.8 Å². The van der Waals surface area contributed by atoms with E-state index < -0.39 is 11.0 Å². The van der Waals surface area contributed by atoms with Crippen molar-refractivity contribution in [1.29, 1.82) is 0 Å². The number of phenols is 1. The summed E-state index contributed by atoms with van der Waals surface area (Å²) in [5.74, 6) is 0.853. The van der Waals surface area contributed by atoms with Crippen LogP contribution in [0.5, 0.6) is 5.75 Å². The van der Waals surface area contributed by atoms with Crippen LogP contribution in [-0.2, 0) is 11.2 Å². The van der Waals surface area contributed by atoms with Crippen molar-refractivity contribution in [1.82, 2.24) is 0 Å². The van der Waals surface area contributed by atoms with Crippen molar-refractivity contribution in [3.05, 3.63) is 41.0 Å². The minimum atomic E-state index is -0.879. The van der Waals surface area contributed by atoms with Crippen LogP contribution in [0.25, 0.3) is 0 Å². The summed E-state index contributed by atoms with van der Waals surface area (Å²) < 4.78 is 0. The standard InChI is InChI=1S/C25H30O4/c1-23-13-21-18-4-3-16(26)10-14(18)12-24-9-8-17(27)11-15(24)2-5-20(25(21,24)29)19(23)6-7-22(23)28/h3-4,10-11,19-22,26,28-29H,2,5-9,12-13H2,1H3/t19-,20-,21+,22-,23-,24+,25-/m0/s1. The number of benzene rings is 1. The van der Waals surface area contributed by atoms with Gasteiger partial charge in [0.25, 0.3) is 0 Å². The summed E-state index contributed by atoms with van der Waals surface area (Å²) in [5, 5.41) is 33.8. The molecule has 0 aromatic heterocycles. The van der Waals surface area contributed by atoms with Crippen molar-refractivity contribution < 1.29 is 20.1 Å². The molecule has 154 valence electrons. The van der Waals surface area contributed by atoms with Gasteiger partial charge in [0.15, 0.2) is 5.78 Å². The molecule has 3 N–H and O–H groups in total. The Balaban J connectivity index is 1.62. The zero-order valence-electron chi connectivity index (χ0n) is 17.0. The molecule has 1 aromatic carbocycles. The Morgan fingerprint density at radius 2 is 1.93 bits per heavy atom. The van der Waals surface area contributed by atoms with E-state index in [0.717, 1.165) is 48.8 Å². The van der Waals surface area contributed by atoms with Gasteiger partial charge in [-0.15, -0.1) is 0 Å². The molecule has 1 aromatic rings. The number of carbonyl (C=O) groups is 1. The zero-order valence-corrected chi connectivity index (χ0v) is 17.0. The number of aliphatic hydroxyl groups excluding tert-OH is 1. The van der Waals surface area contributed by atoms with Crippen LogP contribution in [0.2, 0.25) is 0 Å². The predicted molar refractivity (Wildman–Crippen MR) is 108 cm³/mol. The van der Waals surface area contributed by atoms with Crippen LogP contribution in [0.15, 0.2) is 29.8 Å². The maximum absolute atomic E-state index is 12.7. The van der Waals surface area contributed by atoms with Crippen molar-refractivity contribution in [2.24, 2.45) is 22.7 Å². The number of hydrogen-bond acceptors (Lipinski definition) is 4. The highest BCUT2D eigenvalue weighted by Gasteiger charge is 2.72. The summed E-state index contributed by atoms with van der Waals surface area (Å²) in [6.45, 7) is 2.23. The molecule has 5 aliphatic rings. The number of aromatic hydroxyl groups is 1. The van der Waals surface area contributed by atoms with E-state index in [0.29, 0.717) is 25.2 Å². The fourth-order valence-electron chi connectivity index (χ4n) is 8.54. The molecule has 0 heterocycles. The minimum absolute atomic E-state index is 0.0669. The minimum Gasteiger partial charge on any atom is -0.508 e. The summed E-state index contributed by atoms with van der Waals surface area (Å²) in [4.78, 5) is 12.3. The average Bonchev–Trinajstić information content (AvgIpc) is 2.97. The van der Waals surface area contributed by atoms with Gasteiger partial charge >= 0.3 is 0 Å². The maximum atomic E-state index is 12.7. The van der Waals surface area contributed by atoms with Gasteiger partial charge in [0, 0.05) is 17.8 Å². The highest BCUT2D eigenvalue weighted by Crippen LogP contribution is 2.73. The third-order valence-electron chi connectivity index (χ3n) is 9.82. The molecule has 0 aliphatic heterocycles. The molecule has 3 saturated carbocycles. The molecule has 5 aliphatic carbocycles. The molecular formula is C25H30O4. The van der Waals surface area contributed by atoms with Gasteiger partial charge < -0.3 is 15.3 Å². The van der Waals surface area contributed by atoms with Crippen molar-refractivity contribution in [3.8, 4) is 5.75 Å². The van der Waals surface area contributed by atoms with Crippen LogP contribution < -0.4 is 0 Å². The Morgan fingerprint density at radius 3 is 2.76 bits per heavy atom. The van der Waals surface area contributed by atoms with Crippen molar-refractivity contribution >= 4 is 5.78 Å². The molecule has 3 fully saturated rings. The lowest BCUT2D eigenvalue weighted by molar-refractivity contribution is -0.219. The second-order valence-corrected chi connectivity index (χ2v) is 10.7. The number of carbonyl (C=O) groups excluding carboxylic acids is 1. The van der Waals surface area contributed by atoms with E-state index in [1.54, 1.807) is 6.07 Å². The fraction of sp³-hybridized carbons (Fsp3) is 0.640. The van der Waals surface area contributed by atoms with Crippen LogP contribution in [0.3, 0.4) is 0 Å². The third kappa shape index (κ3) is 2.00. The van der Waals surface area contributed by atoms with Gasteiger partial charge in [-0.25, -0.2) is 0 Å². The molecular weight excluding hydrogens is 364 g/mol. The number of ketones is 1. The molecule has 0 unspecified atom stereocenters. The Bertz CT molecular complexity index is 950. The van der Waals surface area contributed by atoms with Crippen molar-refractivity contribution in [2.45, 2.75) is 75.9 Å². The molecule has 0 amide bonds. The quantitative estimate of drug-likeness (QED) is 0.628. The molecule has 6 rings (SSSR count). The van der Waals surface area contributed by atoms with E-state index in [1.165, 1.54) is 0 Å². The molecule has 7 atom stereocenters. The maximum Gasteiger partial charge on any atom is 0.155 e. The third-order valence-corrected chi connectivity index (χ3v) is 9.82. The van der Waals surface area contributed by atoms with E-state index >= 15 is 0 Å². The predicted octanol–water partition coefficient (Wildman–Crippen LogP) is 3.63. The van der Waals surface area contributed by atoms with Crippen molar-refractivity contribution in [3.63, 3.8) is 0 Å². The Hall–Kier alpha value is -1.65. The normalized spacial score (nSPS) is 47.6. The summed E-state index contributed by atoms with van der Waals surface area (Å²) in [6.07, 6.45) is 7.73. The van der Waals surface area contributed by atoms with Crippen LogP contribution in [0.1, 0.15) is 68.9 Å². The fourth-order valence-corrected chi connectivity index (χ4v) is 8.54.